The molecule has 138 valence electrons. The van der Waals surface area contributed by atoms with Gasteiger partial charge in [-0.15, -0.1) is 0 Å². The number of nitrogens with one attached hydrogen (secondary N) is 1. The molecule has 0 heterocycles. The molecule has 4 heteroatoms. The van der Waals surface area contributed by atoms with Crippen LogP contribution in [0.1, 0.15) is 27.5 Å². The molecule has 3 aromatic rings. The number of hydrogen-bond donors (Lipinski definition) is 1. The van der Waals surface area contributed by atoms with Crippen LogP contribution >= 0.6 is 0 Å². The Morgan fingerprint density at radius 1 is 0.852 bits per heavy atom. The molecule has 0 aliphatic carbocycles. The minimum atomic E-state index is -0.508. The Hall–Kier alpha value is -3.27. The Balaban J connectivity index is 1.95. The molecule has 0 saturated heterocycles. The zero-order valence-electron chi connectivity index (χ0n) is 15.7. The fraction of sp³-hybridized carbons (Fsp3) is 0.174. The number of anilines is 1. The smallest absolute Gasteiger partial charge is 0.189 e. The monoisotopic (exact) mass is 361 g/mol. The van der Waals surface area contributed by atoms with Crippen LogP contribution in [0.2, 0.25) is 0 Å². The molecule has 0 amide bonds. The van der Waals surface area contributed by atoms with Crippen LogP contribution in [0.4, 0.5) is 5.69 Å². The summed E-state index contributed by atoms with van der Waals surface area (Å²) in [4.78, 5) is 13.3. The number of ether oxygens (including phenoxy) is 2. The lowest BCUT2D eigenvalue weighted by Gasteiger charge is -2.20. The first-order valence-corrected chi connectivity index (χ1v) is 8.76. The van der Waals surface area contributed by atoms with Crippen LogP contribution in [0, 0.1) is 6.92 Å². The van der Waals surface area contributed by atoms with E-state index >= 15 is 0 Å². The number of hydrogen-bond acceptors (Lipinski definition) is 4. The number of Topliss-reactive ketones (excluding diaryl/α,β-unsaturated/α-hetero) is 1. The van der Waals surface area contributed by atoms with Crippen molar-refractivity contribution >= 4 is 11.5 Å². The number of rotatable bonds is 7. The molecule has 3 rings (SSSR count). The van der Waals surface area contributed by atoms with Crippen molar-refractivity contribution < 1.29 is 14.3 Å². The number of aryl methyl sites for hydroxylation is 1. The first kappa shape index (κ1) is 18.5. The summed E-state index contributed by atoms with van der Waals surface area (Å²) in [5, 5.41) is 3.38. The standard InChI is InChI=1S/C23H23NO3/c1-16-5-4-6-19(15-16)24-22(17-7-11-20(26-2)12-8-17)23(25)18-9-13-21(27-3)14-10-18/h4-15,22,24H,1-3H3. The van der Waals surface area contributed by atoms with Gasteiger partial charge in [0.2, 0.25) is 0 Å². The zero-order chi connectivity index (χ0) is 19.2. The van der Waals surface area contributed by atoms with E-state index in [9.17, 15) is 4.79 Å². The molecule has 4 nitrogen and oxygen atoms in total. The van der Waals surface area contributed by atoms with Crippen LogP contribution in [0.15, 0.2) is 72.8 Å². The van der Waals surface area contributed by atoms with Crippen molar-refractivity contribution in [3.63, 3.8) is 0 Å². The largest absolute Gasteiger partial charge is 0.497 e. The molecule has 0 aliphatic heterocycles. The molecule has 27 heavy (non-hydrogen) atoms. The van der Waals surface area contributed by atoms with Crippen LogP contribution in [0.3, 0.4) is 0 Å². The number of carbonyl (C=O) groups is 1. The highest BCUT2D eigenvalue weighted by Crippen LogP contribution is 2.26. The molecule has 0 aromatic heterocycles. The lowest BCUT2D eigenvalue weighted by Crippen LogP contribution is -2.21. The van der Waals surface area contributed by atoms with Gasteiger partial charge in [0.25, 0.3) is 0 Å². The molecule has 0 spiro atoms. The fourth-order valence-corrected chi connectivity index (χ4v) is 2.92. The van der Waals surface area contributed by atoms with Crippen molar-refractivity contribution in [2.24, 2.45) is 0 Å². The molecular formula is C23H23NO3. The van der Waals surface area contributed by atoms with E-state index in [2.05, 4.69) is 5.32 Å². The van der Waals surface area contributed by atoms with E-state index in [1.54, 1.807) is 38.5 Å². The van der Waals surface area contributed by atoms with Crippen LogP contribution in [0.25, 0.3) is 0 Å². The van der Waals surface area contributed by atoms with Crippen LogP contribution in [0.5, 0.6) is 11.5 Å². The molecule has 0 fully saturated rings. The highest BCUT2D eigenvalue weighted by molar-refractivity contribution is 6.02. The van der Waals surface area contributed by atoms with Gasteiger partial charge in [-0.2, -0.15) is 0 Å². The maximum Gasteiger partial charge on any atom is 0.189 e. The number of ketones is 1. The van der Waals surface area contributed by atoms with Crippen molar-refractivity contribution in [3.8, 4) is 11.5 Å². The van der Waals surface area contributed by atoms with E-state index in [1.807, 2.05) is 55.5 Å². The first-order valence-electron chi connectivity index (χ1n) is 8.76. The highest BCUT2D eigenvalue weighted by Gasteiger charge is 2.22. The highest BCUT2D eigenvalue weighted by atomic mass is 16.5. The minimum absolute atomic E-state index is 0.00988. The second kappa shape index (κ2) is 8.41. The molecule has 1 unspecified atom stereocenters. The second-order valence-electron chi connectivity index (χ2n) is 6.31. The van der Waals surface area contributed by atoms with Gasteiger partial charge in [-0.25, -0.2) is 0 Å². The second-order valence-corrected chi connectivity index (χ2v) is 6.31. The Morgan fingerprint density at radius 3 is 2.00 bits per heavy atom. The molecular weight excluding hydrogens is 338 g/mol. The summed E-state index contributed by atoms with van der Waals surface area (Å²) < 4.78 is 10.4. The van der Waals surface area contributed by atoms with E-state index in [-0.39, 0.29) is 5.78 Å². The van der Waals surface area contributed by atoms with Gasteiger partial charge in [-0.05, 0) is 66.6 Å². The zero-order valence-corrected chi connectivity index (χ0v) is 15.7. The predicted molar refractivity (Wildman–Crippen MR) is 108 cm³/mol. The summed E-state index contributed by atoms with van der Waals surface area (Å²) in [6.45, 7) is 2.03. The molecule has 1 N–H and O–H groups in total. The maximum atomic E-state index is 13.3. The quantitative estimate of drug-likeness (QED) is 0.598. The predicted octanol–water partition coefficient (Wildman–Crippen LogP) is 5.05. The Kier molecular flexibility index (Phi) is 5.77. The summed E-state index contributed by atoms with van der Waals surface area (Å²) in [5.41, 5.74) is 3.53. The van der Waals surface area contributed by atoms with Gasteiger partial charge in [0.05, 0.1) is 14.2 Å². The topological polar surface area (TPSA) is 47.6 Å². The normalized spacial score (nSPS) is 11.5. The molecule has 1 atom stereocenters. The van der Waals surface area contributed by atoms with Crippen molar-refractivity contribution in [3.05, 3.63) is 89.5 Å². The average Bonchev–Trinajstić information content (AvgIpc) is 2.72. The minimum Gasteiger partial charge on any atom is -0.497 e. The molecule has 0 saturated carbocycles. The molecule has 3 aromatic carbocycles. The van der Waals surface area contributed by atoms with Crippen molar-refractivity contribution in [2.45, 2.75) is 13.0 Å². The lowest BCUT2D eigenvalue weighted by atomic mass is 9.96. The van der Waals surface area contributed by atoms with E-state index < -0.39 is 6.04 Å². The first-order chi connectivity index (χ1) is 13.1. The number of methoxy groups -OCH3 is 2. The third kappa shape index (κ3) is 4.47. The van der Waals surface area contributed by atoms with E-state index in [0.29, 0.717) is 5.56 Å². The van der Waals surface area contributed by atoms with Gasteiger partial charge >= 0.3 is 0 Å². The fourth-order valence-electron chi connectivity index (χ4n) is 2.92. The molecule has 0 aliphatic rings. The lowest BCUT2D eigenvalue weighted by molar-refractivity contribution is 0.0969. The van der Waals surface area contributed by atoms with Gasteiger partial charge in [0.1, 0.15) is 17.5 Å². The van der Waals surface area contributed by atoms with Crippen molar-refractivity contribution in [2.75, 3.05) is 19.5 Å². The van der Waals surface area contributed by atoms with E-state index in [0.717, 1.165) is 28.3 Å². The van der Waals surface area contributed by atoms with Gasteiger partial charge in [-0.1, -0.05) is 24.3 Å². The molecule has 0 radical (unpaired) electrons. The van der Waals surface area contributed by atoms with Gasteiger partial charge in [0.15, 0.2) is 5.78 Å². The SMILES string of the molecule is COc1ccc(C(=O)C(Nc2cccc(C)c2)c2ccc(OC)cc2)cc1. The average molecular weight is 361 g/mol. The summed E-state index contributed by atoms with van der Waals surface area (Å²) in [6, 6.07) is 22.2. The molecule has 0 bridgehead atoms. The van der Waals surface area contributed by atoms with Gasteiger partial charge in [-0.3, -0.25) is 4.79 Å². The van der Waals surface area contributed by atoms with Crippen molar-refractivity contribution in [1.29, 1.82) is 0 Å². The summed E-state index contributed by atoms with van der Waals surface area (Å²) in [5.74, 6) is 1.47. The van der Waals surface area contributed by atoms with Crippen molar-refractivity contribution in [1.82, 2.24) is 0 Å². The van der Waals surface area contributed by atoms with Crippen LogP contribution in [-0.2, 0) is 0 Å². The van der Waals surface area contributed by atoms with Crippen LogP contribution < -0.4 is 14.8 Å². The maximum absolute atomic E-state index is 13.3. The Bertz CT molecular complexity index is 902. The van der Waals surface area contributed by atoms with Crippen LogP contribution in [-0.4, -0.2) is 20.0 Å². The summed E-state index contributed by atoms with van der Waals surface area (Å²) in [7, 11) is 3.23. The van der Waals surface area contributed by atoms with Gasteiger partial charge < -0.3 is 14.8 Å². The van der Waals surface area contributed by atoms with E-state index in [1.165, 1.54) is 0 Å². The van der Waals surface area contributed by atoms with Gasteiger partial charge in [0, 0.05) is 11.3 Å². The Morgan fingerprint density at radius 2 is 1.44 bits per heavy atom. The number of benzene rings is 3. The Labute approximate surface area is 159 Å². The summed E-state index contributed by atoms with van der Waals surface area (Å²) in [6.07, 6.45) is 0. The third-order valence-corrected chi connectivity index (χ3v) is 4.41. The number of carbonyl (C=O) groups excluding carboxylic acids is 1. The third-order valence-electron chi connectivity index (χ3n) is 4.41. The summed E-state index contributed by atoms with van der Waals surface area (Å²) >= 11 is 0. The van der Waals surface area contributed by atoms with E-state index in [4.69, 9.17) is 9.47 Å².